The third-order valence-electron chi connectivity index (χ3n) is 4.33. The summed E-state index contributed by atoms with van der Waals surface area (Å²) >= 11 is 0. The maximum absolute atomic E-state index is 13.3. The molecule has 2 aromatic carbocycles. The molecule has 1 amide bonds. The van der Waals surface area contributed by atoms with Crippen molar-refractivity contribution >= 4 is 16.8 Å². The van der Waals surface area contributed by atoms with E-state index in [2.05, 4.69) is 10.3 Å². The fourth-order valence-corrected chi connectivity index (χ4v) is 2.98. The van der Waals surface area contributed by atoms with Gasteiger partial charge in [-0.2, -0.15) is 0 Å². The number of carbonyl (C=O) groups excluding carboxylic acids is 1. The second kappa shape index (κ2) is 7.07. The maximum Gasteiger partial charge on any atom is 0.224 e. The van der Waals surface area contributed by atoms with Gasteiger partial charge in [0, 0.05) is 17.1 Å². The normalized spacial score (nSPS) is 13.6. The van der Waals surface area contributed by atoms with E-state index in [0.717, 1.165) is 22.0 Å². The number of fused-ring (bicyclic) bond motifs is 1. The molecule has 0 unspecified atom stereocenters. The minimum Gasteiger partial charge on any atom is -0.386 e. The van der Waals surface area contributed by atoms with Gasteiger partial charge < -0.3 is 15.4 Å². The number of aromatic nitrogens is 1. The molecule has 25 heavy (non-hydrogen) atoms. The molecule has 0 saturated carbocycles. The maximum atomic E-state index is 13.3. The van der Waals surface area contributed by atoms with Crippen molar-refractivity contribution in [3.8, 4) is 0 Å². The Morgan fingerprint density at radius 2 is 2.08 bits per heavy atom. The molecule has 0 saturated heterocycles. The molecule has 5 heteroatoms. The average Bonchev–Trinajstić information content (AvgIpc) is 2.95. The Labute approximate surface area is 145 Å². The van der Waals surface area contributed by atoms with Gasteiger partial charge in [0.2, 0.25) is 5.91 Å². The van der Waals surface area contributed by atoms with Crippen molar-refractivity contribution in [1.29, 1.82) is 0 Å². The molecule has 4 nitrogen and oxygen atoms in total. The van der Waals surface area contributed by atoms with E-state index in [1.54, 1.807) is 13.0 Å². The van der Waals surface area contributed by atoms with Gasteiger partial charge in [0.25, 0.3) is 0 Å². The van der Waals surface area contributed by atoms with Gasteiger partial charge in [-0.15, -0.1) is 0 Å². The number of aliphatic hydroxyl groups is 1. The molecule has 1 heterocycles. The van der Waals surface area contributed by atoms with Gasteiger partial charge >= 0.3 is 0 Å². The lowest BCUT2D eigenvalue weighted by Gasteiger charge is -2.20. The smallest absolute Gasteiger partial charge is 0.224 e. The van der Waals surface area contributed by atoms with Crippen LogP contribution in [0.4, 0.5) is 4.39 Å². The molecular weight excluding hydrogens is 319 g/mol. The summed E-state index contributed by atoms with van der Waals surface area (Å²) in [6.45, 7) is 3.72. The number of aliphatic hydroxyl groups excluding tert-OH is 1. The highest BCUT2D eigenvalue weighted by Gasteiger charge is 2.19. The van der Waals surface area contributed by atoms with E-state index in [-0.39, 0.29) is 12.3 Å². The molecule has 0 bridgehead atoms. The van der Waals surface area contributed by atoms with Gasteiger partial charge in [0.1, 0.15) is 5.82 Å². The Morgan fingerprint density at radius 1 is 1.28 bits per heavy atom. The number of aryl methyl sites for hydroxylation is 1. The summed E-state index contributed by atoms with van der Waals surface area (Å²) in [5, 5.41) is 14.1. The van der Waals surface area contributed by atoms with Crippen LogP contribution in [0.2, 0.25) is 0 Å². The predicted molar refractivity (Wildman–Crippen MR) is 95.7 cm³/mol. The van der Waals surface area contributed by atoms with Gasteiger partial charge in [0.05, 0.1) is 18.6 Å². The molecule has 2 atom stereocenters. The molecule has 130 valence electrons. The minimum atomic E-state index is -0.967. The highest BCUT2D eigenvalue weighted by molar-refractivity contribution is 5.89. The molecule has 0 aliphatic heterocycles. The number of rotatable bonds is 5. The molecule has 3 aromatic rings. The second-order valence-corrected chi connectivity index (χ2v) is 6.40. The van der Waals surface area contributed by atoms with E-state index in [9.17, 15) is 14.3 Å². The number of amides is 1. The topological polar surface area (TPSA) is 65.1 Å². The quantitative estimate of drug-likeness (QED) is 0.666. The molecule has 0 aliphatic rings. The molecule has 3 rings (SSSR count). The van der Waals surface area contributed by atoms with Crippen LogP contribution >= 0.6 is 0 Å². The van der Waals surface area contributed by atoms with E-state index in [1.165, 1.54) is 18.2 Å². The summed E-state index contributed by atoms with van der Waals surface area (Å²) in [6, 6.07) is 11.3. The Bertz CT molecular complexity index is 904. The lowest BCUT2D eigenvalue weighted by molar-refractivity contribution is -0.121. The van der Waals surface area contributed by atoms with Crippen LogP contribution in [0.15, 0.2) is 48.7 Å². The summed E-state index contributed by atoms with van der Waals surface area (Å²) in [7, 11) is 0. The molecule has 3 N–H and O–H groups in total. The lowest BCUT2D eigenvalue weighted by atomic mass is 10.0. The van der Waals surface area contributed by atoms with E-state index in [1.807, 2.05) is 31.3 Å². The fourth-order valence-electron chi connectivity index (χ4n) is 2.98. The van der Waals surface area contributed by atoms with Crippen molar-refractivity contribution in [3.05, 3.63) is 71.2 Å². The summed E-state index contributed by atoms with van der Waals surface area (Å²) < 4.78 is 13.3. The second-order valence-electron chi connectivity index (χ2n) is 6.40. The largest absolute Gasteiger partial charge is 0.386 e. The Hall–Kier alpha value is -2.66. The van der Waals surface area contributed by atoms with Crippen LogP contribution in [0, 0.1) is 12.7 Å². The fraction of sp³-hybridized carbons (Fsp3) is 0.250. The van der Waals surface area contributed by atoms with E-state index in [0.29, 0.717) is 5.56 Å². The zero-order valence-electron chi connectivity index (χ0n) is 14.2. The van der Waals surface area contributed by atoms with E-state index < -0.39 is 18.0 Å². The Balaban J connectivity index is 1.67. The predicted octanol–water partition coefficient (Wildman–Crippen LogP) is 3.40. The third kappa shape index (κ3) is 3.88. The lowest BCUT2D eigenvalue weighted by Crippen LogP contribution is -2.37. The number of halogens is 1. The number of aromatic amines is 1. The average molecular weight is 340 g/mol. The summed E-state index contributed by atoms with van der Waals surface area (Å²) in [6.07, 6.45) is 1.07. The number of hydrogen-bond acceptors (Lipinski definition) is 2. The van der Waals surface area contributed by atoms with Crippen LogP contribution in [-0.4, -0.2) is 22.0 Å². The first-order valence-corrected chi connectivity index (χ1v) is 8.23. The van der Waals surface area contributed by atoms with Crippen molar-refractivity contribution in [1.82, 2.24) is 10.3 Å². The summed E-state index contributed by atoms with van der Waals surface area (Å²) in [4.78, 5) is 15.5. The number of H-pyrrole nitrogens is 1. The van der Waals surface area contributed by atoms with E-state index in [4.69, 9.17) is 0 Å². The van der Waals surface area contributed by atoms with Gasteiger partial charge in [-0.3, -0.25) is 4.79 Å². The van der Waals surface area contributed by atoms with Crippen LogP contribution in [-0.2, 0) is 11.2 Å². The molecule has 0 radical (unpaired) electrons. The zero-order valence-corrected chi connectivity index (χ0v) is 14.2. The van der Waals surface area contributed by atoms with Crippen molar-refractivity contribution in [2.45, 2.75) is 32.4 Å². The number of benzene rings is 2. The van der Waals surface area contributed by atoms with Crippen molar-refractivity contribution in [2.24, 2.45) is 0 Å². The molecule has 1 aromatic heterocycles. The number of carbonyl (C=O) groups is 1. The molecule has 0 fully saturated rings. The van der Waals surface area contributed by atoms with Crippen LogP contribution in [0.25, 0.3) is 10.9 Å². The van der Waals surface area contributed by atoms with Crippen molar-refractivity contribution < 1.29 is 14.3 Å². The van der Waals surface area contributed by atoms with Gasteiger partial charge in [-0.05, 0) is 48.7 Å². The van der Waals surface area contributed by atoms with Gasteiger partial charge in [-0.1, -0.05) is 24.3 Å². The zero-order chi connectivity index (χ0) is 18.0. The highest BCUT2D eigenvalue weighted by Crippen LogP contribution is 2.21. The Morgan fingerprint density at radius 3 is 2.84 bits per heavy atom. The first-order valence-electron chi connectivity index (χ1n) is 8.23. The SMILES string of the molecule is Cc1ccc2c(CC(=O)N[C@H](C)[C@@H](O)c3cccc(F)c3)c[nH]c2c1. The molecule has 0 aliphatic carbocycles. The number of nitrogens with one attached hydrogen (secondary N) is 2. The van der Waals surface area contributed by atoms with Crippen LogP contribution < -0.4 is 5.32 Å². The highest BCUT2D eigenvalue weighted by atomic mass is 19.1. The standard InChI is InChI=1S/C20H21FN2O2/c1-12-6-7-17-15(11-22-18(17)8-12)10-19(24)23-13(2)20(25)14-4-3-5-16(21)9-14/h3-9,11,13,20,22,25H,10H2,1-2H3,(H,23,24)/t13-,20-/m1/s1. The molecular formula is C20H21FN2O2. The van der Waals surface area contributed by atoms with Gasteiger partial charge in [-0.25, -0.2) is 4.39 Å². The van der Waals surface area contributed by atoms with Crippen molar-refractivity contribution in [3.63, 3.8) is 0 Å². The van der Waals surface area contributed by atoms with Crippen LogP contribution in [0.3, 0.4) is 0 Å². The van der Waals surface area contributed by atoms with Gasteiger partial charge in [0.15, 0.2) is 0 Å². The van der Waals surface area contributed by atoms with E-state index >= 15 is 0 Å². The monoisotopic (exact) mass is 340 g/mol. The third-order valence-corrected chi connectivity index (χ3v) is 4.33. The number of hydrogen-bond donors (Lipinski definition) is 3. The Kier molecular flexibility index (Phi) is 4.86. The first kappa shape index (κ1) is 17.2. The minimum absolute atomic E-state index is 0.190. The van der Waals surface area contributed by atoms with Crippen LogP contribution in [0.5, 0.6) is 0 Å². The first-order chi connectivity index (χ1) is 11.9. The summed E-state index contributed by atoms with van der Waals surface area (Å²) in [5.74, 6) is -0.603. The molecule has 0 spiro atoms. The van der Waals surface area contributed by atoms with Crippen LogP contribution in [0.1, 0.15) is 29.7 Å². The summed E-state index contributed by atoms with van der Waals surface area (Å²) in [5.41, 5.74) is 3.49. The van der Waals surface area contributed by atoms with Crippen molar-refractivity contribution in [2.75, 3.05) is 0 Å².